The van der Waals surface area contributed by atoms with E-state index in [0.717, 1.165) is 10.0 Å². The van der Waals surface area contributed by atoms with Crippen LogP contribution < -0.4 is 4.98 Å². The smallest absolute Gasteiger partial charge is 0.295 e. The molecule has 7 heteroatoms. The first-order chi connectivity index (χ1) is 14.5. The van der Waals surface area contributed by atoms with Crippen LogP contribution in [-0.2, 0) is 16.1 Å². The molecule has 2 heterocycles. The van der Waals surface area contributed by atoms with Crippen LogP contribution >= 0.6 is 15.9 Å². The van der Waals surface area contributed by atoms with E-state index in [4.69, 9.17) is 0 Å². The van der Waals surface area contributed by atoms with Gasteiger partial charge in [-0.25, -0.2) is 9.37 Å². The summed E-state index contributed by atoms with van der Waals surface area (Å²) in [4.78, 5) is 30.2. The highest BCUT2D eigenvalue weighted by Gasteiger charge is 2.46. The number of halogens is 2. The molecule has 1 aliphatic heterocycles. The number of likely N-dealkylation sites (tertiary alicyclic amines) is 1. The summed E-state index contributed by atoms with van der Waals surface area (Å²) in [6.07, 6.45) is 3.50. The van der Waals surface area contributed by atoms with Crippen molar-refractivity contribution in [1.29, 1.82) is 0 Å². The fourth-order valence-corrected chi connectivity index (χ4v) is 3.79. The fourth-order valence-electron chi connectivity index (χ4n) is 3.52. The van der Waals surface area contributed by atoms with Crippen LogP contribution in [0.4, 0.5) is 4.39 Å². The van der Waals surface area contributed by atoms with E-state index in [1.54, 1.807) is 30.6 Å². The monoisotopic (exact) mass is 467 g/mol. The van der Waals surface area contributed by atoms with Gasteiger partial charge in [-0.1, -0.05) is 28.1 Å². The first-order valence-electron chi connectivity index (χ1n) is 9.20. The Morgan fingerprint density at radius 2 is 1.77 bits per heavy atom. The number of carbonyl (C=O) groups is 2. The Morgan fingerprint density at radius 1 is 1.07 bits per heavy atom. The Morgan fingerprint density at radius 3 is 2.40 bits per heavy atom. The molecular formula is C23H17BrFN2O3+. The van der Waals surface area contributed by atoms with Crippen molar-refractivity contribution in [2.24, 2.45) is 0 Å². The van der Waals surface area contributed by atoms with Gasteiger partial charge in [0, 0.05) is 21.7 Å². The number of hydrogen-bond donors (Lipinski definition) is 1. The molecule has 150 valence electrons. The van der Waals surface area contributed by atoms with E-state index < -0.39 is 23.5 Å². The third kappa shape index (κ3) is 3.76. The number of carbonyl (C=O) groups excluding carboxylic acids is 2. The third-order valence-corrected chi connectivity index (χ3v) is 5.50. The number of aliphatic hydroxyl groups excluding tert-OH is 1. The molecule has 1 aliphatic rings. The van der Waals surface area contributed by atoms with E-state index in [1.807, 2.05) is 18.2 Å². The number of aromatic nitrogens is 1. The second-order valence-corrected chi connectivity index (χ2v) is 7.81. The average molecular weight is 468 g/mol. The number of benzene rings is 2. The average Bonchev–Trinajstić information content (AvgIpc) is 3.00. The van der Waals surface area contributed by atoms with Gasteiger partial charge in [-0.05, 0) is 48.0 Å². The summed E-state index contributed by atoms with van der Waals surface area (Å²) in [5, 5.41) is 10.9. The normalized spacial score (nSPS) is 18.1. The number of nitrogens with one attached hydrogen (secondary N) is 1. The van der Waals surface area contributed by atoms with Gasteiger partial charge in [0.25, 0.3) is 11.7 Å². The summed E-state index contributed by atoms with van der Waals surface area (Å²) >= 11 is 3.39. The quantitative estimate of drug-likeness (QED) is 0.357. The molecule has 1 unspecified atom stereocenters. The maximum Gasteiger partial charge on any atom is 0.295 e. The number of pyridine rings is 1. The first kappa shape index (κ1) is 20.0. The lowest BCUT2D eigenvalue weighted by Gasteiger charge is -2.25. The summed E-state index contributed by atoms with van der Waals surface area (Å²) in [5.74, 6) is -2.26. The van der Waals surface area contributed by atoms with Crippen LogP contribution in [-0.4, -0.2) is 21.7 Å². The Bertz CT molecular complexity index is 1130. The molecule has 4 rings (SSSR count). The highest BCUT2D eigenvalue weighted by molar-refractivity contribution is 9.10. The number of aliphatic hydroxyl groups is 1. The number of nitrogens with zero attached hydrogens (tertiary/aromatic N) is 1. The van der Waals surface area contributed by atoms with E-state index in [1.165, 1.54) is 29.2 Å². The van der Waals surface area contributed by atoms with Crippen LogP contribution in [0.25, 0.3) is 5.76 Å². The molecule has 1 aromatic heterocycles. The minimum atomic E-state index is -0.775. The molecule has 0 bridgehead atoms. The van der Waals surface area contributed by atoms with Gasteiger partial charge in [-0.2, -0.15) is 0 Å². The lowest BCUT2D eigenvalue weighted by Crippen LogP contribution is -2.29. The van der Waals surface area contributed by atoms with Crippen molar-refractivity contribution in [2.75, 3.05) is 0 Å². The molecule has 0 radical (unpaired) electrons. The number of hydrogen-bond acceptors (Lipinski definition) is 3. The molecule has 1 fully saturated rings. The molecule has 1 atom stereocenters. The van der Waals surface area contributed by atoms with Crippen LogP contribution in [0.1, 0.15) is 22.7 Å². The van der Waals surface area contributed by atoms with Gasteiger partial charge in [0.2, 0.25) is 0 Å². The van der Waals surface area contributed by atoms with Crippen molar-refractivity contribution >= 4 is 33.4 Å². The Kier molecular flexibility index (Phi) is 5.46. The van der Waals surface area contributed by atoms with E-state index >= 15 is 0 Å². The van der Waals surface area contributed by atoms with E-state index in [0.29, 0.717) is 5.56 Å². The highest BCUT2D eigenvalue weighted by atomic mass is 79.9. The number of aromatic amines is 1. The third-order valence-electron chi connectivity index (χ3n) is 4.97. The molecule has 2 aromatic carbocycles. The minimum Gasteiger partial charge on any atom is -0.507 e. The molecule has 30 heavy (non-hydrogen) atoms. The molecule has 1 amide bonds. The van der Waals surface area contributed by atoms with Crippen molar-refractivity contribution in [1.82, 2.24) is 4.90 Å². The van der Waals surface area contributed by atoms with Crippen molar-refractivity contribution in [2.45, 2.75) is 12.6 Å². The second-order valence-electron chi connectivity index (χ2n) is 6.90. The maximum atomic E-state index is 13.3. The number of H-pyrrole nitrogens is 1. The summed E-state index contributed by atoms with van der Waals surface area (Å²) < 4.78 is 14.2. The van der Waals surface area contributed by atoms with E-state index in [-0.39, 0.29) is 23.4 Å². The minimum absolute atomic E-state index is 0.0196. The fraction of sp³-hybridized carbons (Fsp3) is 0.0870. The molecule has 2 N–H and O–H groups in total. The van der Waals surface area contributed by atoms with Crippen LogP contribution in [0.5, 0.6) is 0 Å². The molecular weight excluding hydrogens is 451 g/mol. The molecule has 1 saturated heterocycles. The van der Waals surface area contributed by atoms with E-state index in [2.05, 4.69) is 20.9 Å². The number of ketones is 1. The van der Waals surface area contributed by atoms with Crippen molar-refractivity contribution in [3.8, 4) is 0 Å². The van der Waals surface area contributed by atoms with Crippen LogP contribution in [0.3, 0.4) is 0 Å². The van der Waals surface area contributed by atoms with Gasteiger partial charge in [0.05, 0.1) is 18.2 Å². The van der Waals surface area contributed by atoms with Crippen LogP contribution in [0.2, 0.25) is 0 Å². The van der Waals surface area contributed by atoms with E-state index in [9.17, 15) is 19.1 Å². The van der Waals surface area contributed by atoms with Crippen molar-refractivity contribution < 1.29 is 24.1 Å². The zero-order chi connectivity index (χ0) is 21.3. The standard InChI is InChI=1S/C23H16BrFN2O3/c24-17-7-3-15(4-8-17)20-19(21(28)16-5-9-18(25)10-6-16)22(29)23(30)27(20)13-14-2-1-11-26-12-14/h1-12,20,28H,13H2/p+1. The second kappa shape index (κ2) is 8.20. The summed E-state index contributed by atoms with van der Waals surface area (Å²) in [6.45, 7) is 0.183. The number of rotatable bonds is 4. The largest absolute Gasteiger partial charge is 0.507 e. The molecule has 3 aromatic rings. The lowest BCUT2D eigenvalue weighted by molar-refractivity contribution is -0.378. The predicted octanol–water partition coefficient (Wildman–Crippen LogP) is 4.02. The highest BCUT2D eigenvalue weighted by Crippen LogP contribution is 2.40. The summed E-state index contributed by atoms with van der Waals surface area (Å²) in [7, 11) is 0. The lowest BCUT2D eigenvalue weighted by atomic mass is 9.95. The van der Waals surface area contributed by atoms with Gasteiger partial charge in [-0.15, -0.1) is 0 Å². The van der Waals surface area contributed by atoms with Gasteiger partial charge >= 0.3 is 0 Å². The molecule has 0 spiro atoms. The van der Waals surface area contributed by atoms with Gasteiger partial charge in [-0.3, -0.25) is 9.59 Å². The Hall–Kier alpha value is -3.32. The Balaban J connectivity index is 1.85. The zero-order valence-electron chi connectivity index (χ0n) is 15.7. The zero-order valence-corrected chi connectivity index (χ0v) is 17.3. The predicted molar refractivity (Wildman–Crippen MR) is 111 cm³/mol. The van der Waals surface area contributed by atoms with Gasteiger partial charge in [0.1, 0.15) is 11.6 Å². The number of Topliss-reactive ketones (excluding diaryl/α,β-unsaturated/α-hetero) is 1. The summed E-state index contributed by atoms with van der Waals surface area (Å²) in [6, 6.07) is 15.2. The molecule has 5 nitrogen and oxygen atoms in total. The Labute approximate surface area is 180 Å². The first-order valence-corrected chi connectivity index (χ1v) is 10.00. The molecule has 0 saturated carbocycles. The van der Waals surface area contributed by atoms with Crippen LogP contribution in [0, 0.1) is 5.82 Å². The number of amides is 1. The van der Waals surface area contributed by atoms with Crippen LogP contribution in [0.15, 0.2) is 83.1 Å². The SMILES string of the molecule is O=C1C(=O)N(Cc2ccc[nH+]c2)C(c2ccc(Br)cc2)C1=C(O)c1ccc(F)cc1. The topological polar surface area (TPSA) is 71.8 Å². The molecule has 0 aliphatic carbocycles. The van der Waals surface area contributed by atoms with Gasteiger partial charge in [0.15, 0.2) is 12.4 Å². The van der Waals surface area contributed by atoms with Crippen molar-refractivity contribution in [3.63, 3.8) is 0 Å². The van der Waals surface area contributed by atoms with Crippen molar-refractivity contribution in [3.05, 3.63) is 106 Å². The maximum absolute atomic E-state index is 13.3. The van der Waals surface area contributed by atoms with Gasteiger partial charge < -0.3 is 10.0 Å². The summed E-state index contributed by atoms with van der Waals surface area (Å²) in [5.41, 5.74) is 1.74.